The molecule has 0 aliphatic rings. The maximum atomic E-state index is 4.92. The van der Waals surface area contributed by atoms with Gasteiger partial charge in [-0.15, -0.1) is 9.32 Å². The highest BCUT2D eigenvalue weighted by atomic mass is 32.2. The minimum Gasteiger partial charge on any atom is -0.340 e. The van der Waals surface area contributed by atoms with Gasteiger partial charge in [-0.2, -0.15) is 5.48 Å². The molecular weight excluding hydrogens is 396 g/mol. The van der Waals surface area contributed by atoms with Gasteiger partial charge in [0.05, 0.1) is 17.7 Å². The lowest BCUT2D eigenvalue weighted by Gasteiger charge is -2.11. The van der Waals surface area contributed by atoms with E-state index in [0.29, 0.717) is 5.82 Å². The first-order valence-electron chi connectivity index (χ1n) is 9.36. The summed E-state index contributed by atoms with van der Waals surface area (Å²) in [6.45, 7) is 0. The van der Waals surface area contributed by atoms with Crippen LogP contribution in [0, 0.1) is 0 Å². The third kappa shape index (κ3) is 5.22. The van der Waals surface area contributed by atoms with Crippen LogP contribution in [0.3, 0.4) is 0 Å². The van der Waals surface area contributed by atoms with Crippen molar-refractivity contribution in [3.05, 3.63) is 91.0 Å². The van der Waals surface area contributed by atoms with E-state index in [4.69, 9.17) is 14.3 Å². The minimum atomic E-state index is 0.671. The average molecular weight is 417 g/mol. The fraction of sp³-hybridized carbons (Fsp3) is 0.0435. The normalized spacial score (nSPS) is 10.7. The van der Waals surface area contributed by atoms with Gasteiger partial charge in [-0.25, -0.2) is 9.97 Å². The number of rotatable bonds is 8. The fourth-order valence-corrected chi connectivity index (χ4v) is 3.24. The molecule has 0 spiro atoms. The molecule has 0 radical (unpaired) electrons. The minimum absolute atomic E-state index is 0.671. The number of anilines is 2. The Bertz CT molecular complexity index is 1020. The molecule has 3 aromatic carbocycles. The van der Waals surface area contributed by atoms with E-state index in [1.54, 1.807) is 7.05 Å². The second-order valence-corrected chi connectivity index (χ2v) is 7.06. The zero-order chi connectivity index (χ0) is 20.6. The number of benzene rings is 3. The number of hydrogen-bond donors (Lipinski definition) is 2. The predicted octanol–water partition coefficient (Wildman–Crippen LogP) is 5.64. The standard InChI is InChI=1S/C23H20N4O2S/c1-24-28-29-30-20-14-12-19(13-15-20)25-22-16-21(17-8-4-2-5-9-17)26-23(27-22)18-10-6-3-7-11-18/h2-16,24H,1H3,(H,25,26,27). The van der Waals surface area contributed by atoms with E-state index < -0.39 is 0 Å². The molecule has 4 rings (SSSR count). The zero-order valence-electron chi connectivity index (χ0n) is 16.3. The fourth-order valence-electron chi connectivity index (χ4n) is 2.82. The van der Waals surface area contributed by atoms with Crippen LogP contribution < -0.4 is 10.8 Å². The topological polar surface area (TPSA) is 68.3 Å². The molecule has 150 valence electrons. The summed E-state index contributed by atoms with van der Waals surface area (Å²) in [5, 5.41) is 3.37. The molecule has 0 bridgehead atoms. The van der Waals surface area contributed by atoms with Gasteiger partial charge in [-0.1, -0.05) is 60.7 Å². The van der Waals surface area contributed by atoms with Crippen molar-refractivity contribution in [2.24, 2.45) is 0 Å². The maximum Gasteiger partial charge on any atom is 0.162 e. The molecule has 0 atom stereocenters. The molecule has 7 heteroatoms. The Morgan fingerprint density at radius 1 is 0.767 bits per heavy atom. The van der Waals surface area contributed by atoms with Crippen molar-refractivity contribution in [1.82, 2.24) is 15.4 Å². The second kappa shape index (κ2) is 10.00. The van der Waals surface area contributed by atoms with Crippen LogP contribution in [0.5, 0.6) is 0 Å². The van der Waals surface area contributed by atoms with Crippen molar-refractivity contribution >= 4 is 23.5 Å². The van der Waals surface area contributed by atoms with Gasteiger partial charge < -0.3 is 5.32 Å². The Hall–Kier alpha value is -3.23. The van der Waals surface area contributed by atoms with Crippen LogP contribution in [0.25, 0.3) is 22.6 Å². The Morgan fingerprint density at radius 2 is 1.43 bits per heavy atom. The molecule has 6 nitrogen and oxygen atoms in total. The highest BCUT2D eigenvalue weighted by molar-refractivity contribution is 7.94. The van der Waals surface area contributed by atoms with Crippen LogP contribution in [0.2, 0.25) is 0 Å². The lowest BCUT2D eigenvalue weighted by atomic mass is 10.1. The Kier molecular flexibility index (Phi) is 6.68. The summed E-state index contributed by atoms with van der Waals surface area (Å²) >= 11 is 1.12. The monoisotopic (exact) mass is 416 g/mol. The van der Waals surface area contributed by atoms with Gasteiger partial charge in [0.15, 0.2) is 5.82 Å². The van der Waals surface area contributed by atoms with Gasteiger partial charge in [0.1, 0.15) is 5.82 Å². The van der Waals surface area contributed by atoms with Crippen molar-refractivity contribution in [3.8, 4) is 22.6 Å². The smallest absolute Gasteiger partial charge is 0.162 e. The van der Waals surface area contributed by atoms with Gasteiger partial charge in [-0.3, -0.25) is 0 Å². The van der Waals surface area contributed by atoms with E-state index in [0.717, 1.165) is 45.3 Å². The van der Waals surface area contributed by atoms with E-state index in [2.05, 4.69) is 15.8 Å². The van der Waals surface area contributed by atoms with E-state index in [1.165, 1.54) is 0 Å². The van der Waals surface area contributed by atoms with E-state index in [1.807, 2.05) is 91.0 Å². The van der Waals surface area contributed by atoms with Crippen LogP contribution in [0.15, 0.2) is 95.9 Å². The average Bonchev–Trinajstić information content (AvgIpc) is 2.81. The molecule has 0 fully saturated rings. The van der Waals surface area contributed by atoms with E-state index >= 15 is 0 Å². The molecule has 0 unspecified atom stereocenters. The molecule has 1 aromatic heterocycles. The first-order chi connectivity index (χ1) is 14.8. The van der Waals surface area contributed by atoms with Gasteiger partial charge >= 0.3 is 0 Å². The van der Waals surface area contributed by atoms with E-state index in [-0.39, 0.29) is 0 Å². The highest BCUT2D eigenvalue weighted by Gasteiger charge is 2.09. The summed E-state index contributed by atoms with van der Waals surface area (Å²) in [5.74, 6) is 1.39. The molecule has 1 heterocycles. The number of hydrogen-bond acceptors (Lipinski definition) is 7. The molecule has 30 heavy (non-hydrogen) atoms. The van der Waals surface area contributed by atoms with Crippen LogP contribution in [-0.2, 0) is 9.32 Å². The molecular formula is C23H20N4O2S. The lowest BCUT2D eigenvalue weighted by Crippen LogP contribution is -2.04. The lowest BCUT2D eigenvalue weighted by molar-refractivity contribution is -0.237. The number of nitrogens with one attached hydrogen (secondary N) is 2. The zero-order valence-corrected chi connectivity index (χ0v) is 17.1. The summed E-state index contributed by atoms with van der Waals surface area (Å²) in [5.41, 5.74) is 6.22. The molecule has 0 amide bonds. The molecule has 0 saturated carbocycles. The van der Waals surface area contributed by atoms with Gasteiger partial charge in [0, 0.05) is 34.8 Å². The maximum absolute atomic E-state index is 4.92. The summed E-state index contributed by atoms with van der Waals surface area (Å²) in [4.78, 5) is 15.1. The van der Waals surface area contributed by atoms with Crippen molar-refractivity contribution < 1.29 is 9.32 Å². The number of hydroxylamine groups is 1. The van der Waals surface area contributed by atoms with Crippen LogP contribution in [-0.4, -0.2) is 17.0 Å². The molecule has 2 N–H and O–H groups in total. The van der Waals surface area contributed by atoms with Crippen LogP contribution in [0.1, 0.15) is 0 Å². The van der Waals surface area contributed by atoms with Crippen molar-refractivity contribution in [2.75, 3.05) is 12.4 Å². The highest BCUT2D eigenvalue weighted by Crippen LogP contribution is 2.27. The first kappa shape index (κ1) is 20.1. The van der Waals surface area contributed by atoms with Gasteiger partial charge in [0.2, 0.25) is 0 Å². The molecule has 0 aliphatic heterocycles. The Balaban J connectivity index is 1.62. The quantitative estimate of drug-likeness (QED) is 0.167. The molecule has 0 saturated heterocycles. The van der Waals surface area contributed by atoms with Crippen molar-refractivity contribution in [1.29, 1.82) is 0 Å². The summed E-state index contributed by atoms with van der Waals surface area (Å²) in [6, 6.07) is 29.8. The number of aromatic nitrogens is 2. The second-order valence-electron chi connectivity index (χ2n) is 6.28. The summed E-state index contributed by atoms with van der Waals surface area (Å²) in [6.07, 6.45) is 0. The third-order valence-electron chi connectivity index (χ3n) is 4.20. The van der Waals surface area contributed by atoms with Crippen molar-refractivity contribution in [2.45, 2.75) is 4.90 Å². The molecule has 0 aliphatic carbocycles. The van der Waals surface area contributed by atoms with Gasteiger partial charge in [0.25, 0.3) is 0 Å². The van der Waals surface area contributed by atoms with Crippen LogP contribution >= 0.6 is 12.0 Å². The van der Waals surface area contributed by atoms with E-state index in [9.17, 15) is 0 Å². The largest absolute Gasteiger partial charge is 0.340 e. The molecule has 4 aromatic rings. The summed E-state index contributed by atoms with van der Waals surface area (Å²) in [7, 11) is 1.63. The van der Waals surface area contributed by atoms with Crippen molar-refractivity contribution in [3.63, 3.8) is 0 Å². The predicted molar refractivity (Wildman–Crippen MR) is 120 cm³/mol. The van der Waals surface area contributed by atoms with Gasteiger partial charge in [-0.05, 0) is 24.3 Å². The Labute approximate surface area is 179 Å². The first-order valence-corrected chi connectivity index (χ1v) is 10.1. The summed E-state index contributed by atoms with van der Waals surface area (Å²) < 4.78 is 4.92. The Morgan fingerprint density at radius 3 is 2.10 bits per heavy atom. The van der Waals surface area contributed by atoms with Crippen LogP contribution in [0.4, 0.5) is 11.5 Å². The number of nitrogens with zero attached hydrogens (tertiary/aromatic N) is 2. The SMILES string of the molecule is CNOOSc1ccc(Nc2cc(-c3ccccc3)nc(-c3ccccc3)n2)cc1. The third-order valence-corrected chi connectivity index (χ3v) is 4.80.